The number of methoxy groups -OCH3 is 1. The van der Waals surface area contributed by atoms with Crippen LogP contribution in [0, 0.1) is 0 Å². The molecule has 2 aliphatic heterocycles. The Balaban J connectivity index is 1.77. The normalized spacial score (nSPS) is 19.6. The van der Waals surface area contributed by atoms with Gasteiger partial charge in [0.05, 0.1) is 31.0 Å². The van der Waals surface area contributed by atoms with Crippen LogP contribution < -0.4 is 15.4 Å². The zero-order valence-corrected chi connectivity index (χ0v) is 14.5. The van der Waals surface area contributed by atoms with Crippen molar-refractivity contribution in [3.05, 3.63) is 41.1 Å². The molecule has 7 heteroatoms. The molecule has 3 amide bonds. The largest absolute Gasteiger partial charge is 0.497 e. The first-order valence-electron chi connectivity index (χ1n) is 8.45. The first kappa shape index (κ1) is 17.3. The first-order chi connectivity index (χ1) is 12.1. The number of rotatable bonds is 7. The van der Waals surface area contributed by atoms with E-state index >= 15 is 0 Å². The Morgan fingerprint density at radius 2 is 2.00 bits per heavy atom. The average molecular weight is 345 g/mol. The van der Waals surface area contributed by atoms with E-state index in [1.165, 1.54) is 0 Å². The Kier molecular flexibility index (Phi) is 5.23. The van der Waals surface area contributed by atoms with Gasteiger partial charge >= 0.3 is 6.03 Å². The molecule has 0 unspecified atom stereocenters. The molecule has 0 saturated carbocycles. The number of hydrogen-bond donors (Lipinski definition) is 2. The Morgan fingerprint density at radius 3 is 2.68 bits per heavy atom. The minimum atomic E-state index is -0.445. The monoisotopic (exact) mass is 345 g/mol. The third-order valence-corrected chi connectivity index (χ3v) is 4.39. The average Bonchev–Trinajstić information content (AvgIpc) is 2.94. The van der Waals surface area contributed by atoms with Crippen molar-refractivity contribution in [1.82, 2.24) is 15.5 Å². The molecule has 2 heterocycles. The Hall–Kier alpha value is -2.54. The van der Waals surface area contributed by atoms with Gasteiger partial charge in [-0.1, -0.05) is 12.1 Å². The molecule has 2 aliphatic rings. The molecule has 0 spiro atoms. The van der Waals surface area contributed by atoms with Gasteiger partial charge in [0, 0.05) is 19.8 Å². The molecule has 0 fully saturated rings. The summed E-state index contributed by atoms with van der Waals surface area (Å²) in [4.78, 5) is 26.6. The first-order valence-corrected chi connectivity index (χ1v) is 8.45. The number of hydrogen-bond acceptors (Lipinski definition) is 4. The second-order valence-electron chi connectivity index (χ2n) is 5.97. The van der Waals surface area contributed by atoms with E-state index in [0.717, 1.165) is 17.7 Å². The van der Waals surface area contributed by atoms with Crippen LogP contribution in [0.2, 0.25) is 0 Å². The van der Waals surface area contributed by atoms with Crippen molar-refractivity contribution in [2.45, 2.75) is 19.4 Å². The number of benzene rings is 1. The van der Waals surface area contributed by atoms with Crippen molar-refractivity contribution in [3.8, 4) is 5.75 Å². The minimum Gasteiger partial charge on any atom is -0.497 e. The van der Waals surface area contributed by atoms with E-state index in [1.54, 1.807) is 12.0 Å². The van der Waals surface area contributed by atoms with Crippen LogP contribution in [-0.4, -0.2) is 50.3 Å². The Labute approximate surface area is 147 Å². The van der Waals surface area contributed by atoms with Crippen LogP contribution in [0.4, 0.5) is 4.79 Å². The van der Waals surface area contributed by atoms with E-state index in [-0.39, 0.29) is 11.9 Å². The van der Waals surface area contributed by atoms with Crippen LogP contribution in [0.3, 0.4) is 0 Å². The molecule has 1 aromatic carbocycles. The van der Waals surface area contributed by atoms with Gasteiger partial charge in [-0.15, -0.1) is 0 Å². The van der Waals surface area contributed by atoms with E-state index in [9.17, 15) is 9.59 Å². The zero-order chi connectivity index (χ0) is 17.8. The summed E-state index contributed by atoms with van der Waals surface area (Å²) < 4.78 is 10.5. The maximum Gasteiger partial charge on any atom is 0.319 e. The van der Waals surface area contributed by atoms with Crippen molar-refractivity contribution in [2.24, 2.45) is 0 Å². The van der Waals surface area contributed by atoms with Gasteiger partial charge in [0.2, 0.25) is 0 Å². The minimum absolute atomic E-state index is 0.0418. The van der Waals surface area contributed by atoms with Gasteiger partial charge in [0.1, 0.15) is 5.75 Å². The van der Waals surface area contributed by atoms with Gasteiger partial charge < -0.3 is 25.0 Å². The fraction of sp³-hybridized carbons (Fsp3) is 0.444. The van der Waals surface area contributed by atoms with Crippen LogP contribution in [0.15, 0.2) is 35.5 Å². The molecule has 25 heavy (non-hydrogen) atoms. The second kappa shape index (κ2) is 7.57. The summed E-state index contributed by atoms with van der Waals surface area (Å²) in [6, 6.07) is 6.64. The van der Waals surface area contributed by atoms with Gasteiger partial charge in [-0.3, -0.25) is 4.79 Å². The highest BCUT2D eigenvalue weighted by Gasteiger charge is 2.40. The maximum absolute atomic E-state index is 12.8. The Bertz CT molecular complexity index is 684. The molecule has 0 bridgehead atoms. The van der Waals surface area contributed by atoms with Gasteiger partial charge in [-0.2, -0.15) is 0 Å². The SMILES string of the molecule is CCOCCCN1CC2=C(C1=O)[C@@H](c1ccc(OC)cc1)NC(=O)N2. The Morgan fingerprint density at radius 1 is 1.24 bits per heavy atom. The standard InChI is InChI=1S/C18H23N3O4/c1-3-25-10-4-9-21-11-14-15(17(21)22)16(20-18(23)19-14)12-5-7-13(24-2)8-6-12/h5-8,16H,3-4,9-11H2,1-2H3,(H2,19,20,23)/t16-/m1/s1. The summed E-state index contributed by atoms with van der Waals surface area (Å²) in [5.41, 5.74) is 2.15. The summed E-state index contributed by atoms with van der Waals surface area (Å²) in [7, 11) is 1.60. The smallest absolute Gasteiger partial charge is 0.319 e. The number of carbonyl (C=O) groups is 2. The van der Waals surface area contributed by atoms with Gasteiger partial charge in [-0.05, 0) is 31.0 Å². The highest BCUT2D eigenvalue weighted by atomic mass is 16.5. The molecule has 0 radical (unpaired) electrons. The molecular formula is C18H23N3O4. The van der Waals surface area contributed by atoms with Gasteiger partial charge in [0.15, 0.2) is 0 Å². The van der Waals surface area contributed by atoms with Crippen molar-refractivity contribution in [1.29, 1.82) is 0 Å². The van der Waals surface area contributed by atoms with Crippen molar-refractivity contribution in [2.75, 3.05) is 33.4 Å². The van der Waals surface area contributed by atoms with E-state index in [2.05, 4.69) is 10.6 Å². The van der Waals surface area contributed by atoms with Crippen molar-refractivity contribution < 1.29 is 19.1 Å². The lowest BCUT2D eigenvalue weighted by molar-refractivity contribution is -0.126. The molecule has 1 aromatic rings. The molecule has 0 saturated heterocycles. The van der Waals surface area contributed by atoms with E-state index in [0.29, 0.717) is 37.6 Å². The highest BCUT2D eigenvalue weighted by molar-refractivity contribution is 6.01. The summed E-state index contributed by atoms with van der Waals surface area (Å²) in [6.07, 6.45) is 0.773. The predicted molar refractivity (Wildman–Crippen MR) is 92.1 cm³/mol. The predicted octanol–water partition coefficient (Wildman–Crippen LogP) is 1.57. The third-order valence-electron chi connectivity index (χ3n) is 4.39. The van der Waals surface area contributed by atoms with Crippen molar-refractivity contribution in [3.63, 3.8) is 0 Å². The maximum atomic E-state index is 12.8. The molecule has 0 aliphatic carbocycles. The van der Waals surface area contributed by atoms with Crippen LogP contribution in [-0.2, 0) is 9.53 Å². The van der Waals surface area contributed by atoms with Crippen LogP contribution in [0.5, 0.6) is 5.75 Å². The highest BCUT2D eigenvalue weighted by Crippen LogP contribution is 2.33. The lowest BCUT2D eigenvalue weighted by Crippen LogP contribution is -2.44. The number of nitrogens with zero attached hydrogens (tertiary/aromatic N) is 1. The fourth-order valence-corrected chi connectivity index (χ4v) is 3.16. The zero-order valence-electron chi connectivity index (χ0n) is 14.5. The molecule has 0 aromatic heterocycles. The number of ether oxygens (including phenoxy) is 2. The summed E-state index contributed by atoms with van der Waals surface area (Å²) in [5.74, 6) is 0.688. The topological polar surface area (TPSA) is 79.9 Å². The van der Waals surface area contributed by atoms with E-state index in [4.69, 9.17) is 9.47 Å². The molecule has 1 atom stereocenters. The molecule has 134 valence electrons. The lowest BCUT2D eigenvalue weighted by atomic mass is 9.96. The van der Waals surface area contributed by atoms with Gasteiger partial charge in [-0.25, -0.2) is 4.79 Å². The number of nitrogens with one attached hydrogen (secondary N) is 2. The molecule has 3 rings (SSSR count). The summed E-state index contributed by atoms with van der Waals surface area (Å²) >= 11 is 0. The quantitative estimate of drug-likeness (QED) is 0.735. The fourth-order valence-electron chi connectivity index (χ4n) is 3.16. The number of amides is 3. The molecular weight excluding hydrogens is 322 g/mol. The van der Waals surface area contributed by atoms with E-state index < -0.39 is 6.04 Å². The van der Waals surface area contributed by atoms with Crippen LogP contribution in [0.25, 0.3) is 0 Å². The van der Waals surface area contributed by atoms with Gasteiger partial charge in [0.25, 0.3) is 5.91 Å². The van der Waals surface area contributed by atoms with Crippen LogP contribution >= 0.6 is 0 Å². The third kappa shape index (κ3) is 3.61. The second-order valence-corrected chi connectivity index (χ2v) is 5.97. The summed E-state index contributed by atoms with van der Waals surface area (Å²) in [6.45, 7) is 4.28. The molecule has 7 nitrogen and oxygen atoms in total. The van der Waals surface area contributed by atoms with E-state index in [1.807, 2.05) is 31.2 Å². The molecule has 2 N–H and O–H groups in total. The summed E-state index contributed by atoms with van der Waals surface area (Å²) in [5, 5.41) is 5.62. The lowest BCUT2D eigenvalue weighted by Gasteiger charge is -2.25. The van der Waals surface area contributed by atoms with Crippen LogP contribution in [0.1, 0.15) is 24.9 Å². The van der Waals surface area contributed by atoms with Crippen molar-refractivity contribution >= 4 is 11.9 Å². The number of urea groups is 1. The number of carbonyl (C=O) groups excluding carboxylic acids is 2.